The molecule has 0 saturated carbocycles. The molecule has 1 heterocycles. The molecule has 2 heteroatoms. The van der Waals surface area contributed by atoms with E-state index in [9.17, 15) is 0 Å². The summed E-state index contributed by atoms with van der Waals surface area (Å²) in [6.07, 6.45) is 0. The van der Waals surface area contributed by atoms with Gasteiger partial charge in [-0.15, -0.1) is 0 Å². The number of fused-ring (bicyclic) bond motifs is 3. The van der Waals surface area contributed by atoms with Crippen LogP contribution in [0.5, 0.6) is 5.75 Å². The molecule has 2 nitrogen and oxygen atoms in total. The molecular formula is C11H8O2. The quantitative estimate of drug-likeness (QED) is 0.569. The van der Waals surface area contributed by atoms with Gasteiger partial charge in [0, 0.05) is 10.9 Å². The fourth-order valence-corrected chi connectivity index (χ4v) is 1.65. The van der Waals surface area contributed by atoms with E-state index in [0.717, 1.165) is 16.7 Å². The van der Waals surface area contributed by atoms with Crippen molar-refractivity contribution in [2.75, 3.05) is 0 Å². The second-order valence-corrected chi connectivity index (χ2v) is 3.12. The summed E-state index contributed by atoms with van der Waals surface area (Å²) in [4.78, 5) is 10.0. The maximum atomic E-state index is 5.11. The molecule has 1 aliphatic rings. The van der Waals surface area contributed by atoms with Crippen LogP contribution >= 0.6 is 0 Å². The minimum atomic E-state index is 0.556. The van der Waals surface area contributed by atoms with Gasteiger partial charge in [-0.05, 0) is 5.39 Å². The van der Waals surface area contributed by atoms with Crippen molar-refractivity contribution in [3.8, 4) is 5.75 Å². The van der Waals surface area contributed by atoms with Crippen molar-refractivity contribution in [1.82, 2.24) is 0 Å². The summed E-state index contributed by atoms with van der Waals surface area (Å²) in [5, 5.41) is 2.31. The van der Waals surface area contributed by atoms with E-state index >= 15 is 0 Å². The molecule has 0 amide bonds. The molecule has 1 aliphatic heterocycles. The molecule has 0 aromatic heterocycles. The zero-order valence-electron chi connectivity index (χ0n) is 6.99. The Labute approximate surface area is 75.6 Å². The van der Waals surface area contributed by atoms with Crippen molar-refractivity contribution in [1.29, 1.82) is 0 Å². The summed E-state index contributed by atoms with van der Waals surface area (Å²) in [6, 6.07) is 12.3. The van der Waals surface area contributed by atoms with Gasteiger partial charge in [-0.2, -0.15) is 4.89 Å². The van der Waals surface area contributed by atoms with E-state index in [1.807, 2.05) is 24.3 Å². The second kappa shape index (κ2) is 2.47. The Kier molecular flexibility index (Phi) is 1.32. The van der Waals surface area contributed by atoms with E-state index in [4.69, 9.17) is 9.78 Å². The minimum Gasteiger partial charge on any atom is -0.336 e. The van der Waals surface area contributed by atoms with Crippen molar-refractivity contribution >= 4 is 10.8 Å². The molecule has 0 fully saturated rings. The summed E-state index contributed by atoms with van der Waals surface area (Å²) < 4.78 is 0. The minimum absolute atomic E-state index is 0.556. The van der Waals surface area contributed by atoms with Crippen LogP contribution in [0.3, 0.4) is 0 Å². The third-order valence-corrected chi connectivity index (χ3v) is 2.32. The molecule has 13 heavy (non-hydrogen) atoms. The summed E-state index contributed by atoms with van der Waals surface area (Å²) in [5.74, 6) is 0.873. The van der Waals surface area contributed by atoms with Gasteiger partial charge in [-0.3, -0.25) is 0 Å². The van der Waals surface area contributed by atoms with Gasteiger partial charge >= 0.3 is 0 Å². The van der Waals surface area contributed by atoms with E-state index in [1.54, 1.807) is 0 Å². The molecule has 0 saturated heterocycles. The van der Waals surface area contributed by atoms with Crippen LogP contribution in [0.15, 0.2) is 36.4 Å². The van der Waals surface area contributed by atoms with Gasteiger partial charge in [-0.25, -0.2) is 0 Å². The summed E-state index contributed by atoms with van der Waals surface area (Å²) in [5.41, 5.74) is 1.12. The Hall–Kier alpha value is -1.54. The summed E-state index contributed by atoms with van der Waals surface area (Å²) >= 11 is 0. The lowest BCUT2D eigenvalue weighted by Gasteiger charge is -2.00. The Balaban J connectivity index is 2.43. The SMILES string of the molecule is c1ccc2c3c(ccc2c1)COO3. The molecule has 0 unspecified atom stereocenters. The predicted molar refractivity (Wildman–Crippen MR) is 49.4 cm³/mol. The molecular weight excluding hydrogens is 164 g/mol. The Bertz CT molecular complexity index is 463. The van der Waals surface area contributed by atoms with Gasteiger partial charge in [0.2, 0.25) is 0 Å². The van der Waals surface area contributed by atoms with Crippen LogP contribution in [0, 0.1) is 0 Å². The monoisotopic (exact) mass is 172 g/mol. The highest BCUT2D eigenvalue weighted by molar-refractivity contribution is 5.89. The maximum Gasteiger partial charge on any atom is 0.178 e. The molecule has 0 N–H and O–H groups in total. The van der Waals surface area contributed by atoms with E-state index in [2.05, 4.69) is 12.1 Å². The molecule has 64 valence electrons. The van der Waals surface area contributed by atoms with Crippen molar-refractivity contribution < 1.29 is 9.78 Å². The molecule has 0 radical (unpaired) electrons. The fourth-order valence-electron chi connectivity index (χ4n) is 1.65. The number of hydrogen-bond donors (Lipinski definition) is 0. The van der Waals surface area contributed by atoms with Gasteiger partial charge in [-0.1, -0.05) is 36.4 Å². The van der Waals surface area contributed by atoms with Crippen LogP contribution in [-0.4, -0.2) is 0 Å². The Morgan fingerprint density at radius 2 is 1.92 bits per heavy atom. The molecule has 0 aliphatic carbocycles. The first-order chi connectivity index (χ1) is 6.45. The lowest BCUT2D eigenvalue weighted by Crippen LogP contribution is -1.82. The normalized spacial score (nSPS) is 14.2. The predicted octanol–water partition coefficient (Wildman–Crippen LogP) is 2.66. The van der Waals surface area contributed by atoms with Crippen molar-refractivity contribution in [2.24, 2.45) is 0 Å². The molecule has 2 aromatic carbocycles. The zero-order valence-corrected chi connectivity index (χ0v) is 6.99. The number of rotatable bonds is 0. The van der Waals surface area contributed by atoms with Crippen LogP contribution in [-0.2, 0) is 11.5 Å². The van der Waals surface area contributed by atoms with Crippen LogP contribution in [0.25, 0.3) is 10.8 Å². The van der Waals surface area contributed by atoms with Gasteiger partial charge in [0.15, 0.2) is 5.75 Å². The number of benzene rings is 2. The van der Waals surface area contributed by atoms with Gasteiger partial charge < -0.3 is 4.89 Å². The topological polar surface area (TPSA) is 18.5 Å². The fraction of sp³-hybridized carbons (Fsp3) is 0.0909. The third-order valence-electron chi connectivity index (χ3n) is 2.32. The Morgan fingerprint density at radius 3 is 2.92 bits per heavy atom. The molecule has 0 atom stereocenters. The first-order valence-corrected chi connectivity index (χ1v) is 4.25. The van der Waals surface area contributed by atoms with Crippen molar-refractivity contribution in [3.63, 3.8) is 0 Å². The first kappa shape index (κ1) is 6.92. The first-order valence-electron chi connectivity index (χ1n) is 4.25. The highest BCUT2D eigenvalue weighted by Crippen LogP contribution is 2.34. The zero-order chi connectivity index (χ0) is 8.67. The van der Waals surface area contributed by atoms with Crippen LogP contribution in [0.4, 0.5) is 0 Å². The summed E-state index contributed by atoms with van der Waals surface area (Å²) in [6.45, 7) is 0.556. The smallest absolute Gasteiger partial charge is 0.178 e. The van der Waals surface area contributed by atoms with E-state index in [-0.39, 0.29) is 0 Å². The van der Waals surface area contributed by atoms with Crippen molar-refractivity contribution in [3.05, 3.63) is 42.0 Å². The molecule has 0 bridgehead atoms. The van der Waals surface area contributed by atoms with Gasteiger partial charge in [0.05, 0.1) is 0 Å². The van der Waals surface area contributed by atoms with Crippen LogP contribution in [0.1, 0.15) is 5.56 Å². The molecule has 3 rings (SSSR count). The van der Waals surface area contributed by atoms with Gasteiger partial charge in [0.1, 0.15) is 6.61 Å². The molecule has 0 spiro atoms. The lowest BCUT2D eigenvalue weighted by atomic mass is 10.1. The standard InChI is InChI=1S/C11H8O2/c1-2-4-10-8(3-1)5-6-9-7-12-13-11(9)10/h1-6H,7H2. The average molecular weight is 172 g/mol. The lowest BCUT2D eigenvalue weighted by molar-refractivity contribution is -0.193. The van der Waals surface area contributed by atoms with E-state index < -0.39 is 0 Å². The van der Waals surface area contributed by atoms with Crippen LogP contribution < -0.4 is 4.89 Å². The average Bonchev–Trinajstić information content (AvgIpc) is 2.65. The van der Waals surface area contributed by atoms with E-state index in [1.165, 1.54) is 5.39 Å². The van der Waals surface area contributed by atoms with Crippen molar-refractivity contribution in [2.45, 2.75) is 6.61 Å². The van der Waals surface area contributed by atoms with E-state index in [0.29, 0.717) is 6.61 Å². The second-order valence-electron chi connectivity index (χ2n) is 3.12. The Morgan fingerprint density at radius 1 is 1.00 bits per heavy atom. The number of hydrogen-bond acceptors (Lipinski definition) is 2. The highest BCUT2D eigenvalue weighted by Gasteiger charge is 2.15. The highest BCUT2D eigenvalue weighted by atomic mass is 17.2. The summed E-state index contributed by atoms with van der Waals surface area (Å²) in [7, 11) is 0. The van der Waals surface area contributed by atoms with Gasteiger partial charge in [0.25, 0.3) is 0 Å². The third kappa shape index (κ3) is 0.924. The molecule has 2 aromatic rings. The largest absolute Gasteiger partial charge is 0.336 e. The maximum absolute atomic E-state index is 5.11. The van der Waals surface area contributed by atoms with Crippen LogP contribution in [0.2, 0.25) is 0 Å².